The molecule has 2 aromatic rings. The summed E-state index contributed by atoms with van der Waals surface area (Å²) in [7, 11) is -3.81. The van der Waals surface area contributed by atoms with Crippen LogP contribution in [0.2, 0.25) is 0 Å². The molecule has 2 amide bonds. The lowest BCUT2D eigenvalue weighted by Crippen LogP contribution is -2.52. The second-order valence-corrected chi connectivity index (χ2v) is 10.9. The van der Waals surface area contributed by atoms with Gasteiger partial charge in [-0.05, 0) is 43.9 Å². The fraction of sp³-hybridized carbons (Fsp3) is 0.462. The summed E-state index contributed by atoms with van der Waals surface area (Å²) in [4.78, 5) is 27.9. The number of benzene rings is 2. The van der Waals surface area contributed by atoms with E-state index in [1.807, 2.05) is 19.1 Å². The molecular weight excluding hydrogens is 469 g/mol. The highest BCUT2D eigenvalue weighted by Crippen LogP contribution is 2.24. The summed E-state index contributed by atoms with van der Waals surface area (Å²) in [6, 6.07) is 12.2. The van der Waals surface area contributed by atoms with E-state index in [1.165, 1.54) is 11.0 Å². The molecule has 0 spiro atoms. The molecule has 3 rings (SSSR count). The van der Waals surface area contributed by atoms with E-state index < -0.39 is 34.3 Å². The van der Waals surface area contributed by atoms with Crippen molar-refractivity contribution in [1.82, 2.24) is 10.2 Å². The van der Waals surface area contributed by atoms with Crippen molar-refractivity contribution in [1.29, 1.82) is 0 Å². The van der Waals surface area contributed by atoms with Gasteiger partial charge in [-0.3, -0.25) is 13.9 Å². The fourth-order valence-electron chi connectivity index (χ4n) is 4.43. The number of carbonyl (C=O) groups excluding carboxylic acids is 2. The highest BCUT2D eigenvalue weighted by Gasteiger charge is 2.32. The molecule has 35 heavy (non-hydrogen) atoms. The SMILES string of the molecule is CCc1ccccc1N(CC(=O)N(Cc1ccccc1F)C(C)C(=O)NC1CCCC1)S(C)(=O)=O. The lowest BCUT2D eigenvalue weighted by atomic mass is 10.1. The first kappa shape index (κ1) is 26.7. The minimum atomic E-state index is -3.81. The predicted octanol–water partition coefficient (Wildman–Crippen LogP) is 3.63. The average molecular weight is 504 g/mol. The average Bonchev–Trinajstić information content (AvgIpc) is 3.33. The number of carbonyl (C=O) groups is 2. The fourth-order valence-corrected chi connectivity index (χ4v) is 5.31. The summed E-state index contributed by atoms with van der Waals surface area (Å²) in [6.07, 6.45) is 5.47. The van der Waals surface area contributed by atoms with Gasteiger partial charge in [0.2, 0.25) is 21.8 Å². The Bertz CT molecular complexity index is 1150. The molecule has 0 aromatic heterocycles. The van der Waals surface area contributed by atoms with E-state index in [-0.39, 0.29) is 24.1 Å². The molecule has 0 saturated heterocycles. The van der Waals surface area contributed by atoms with Crippen molar-refractivity contribution in [2.75, 3.05) is 17.1 Å². The molecule has 1 atom stereocenters. The van der Waals surface area contributed by atoms with Crippen molar-refractivity contribution in [2.45, 2.75) is 64.6 Å². The number of para-hydroxylation sites is 1. The minimum Gasteiger partial charge on any atom is -0.352 e. The summed E-state index contributed by atoms with van der Waals surface area (Å²) >= 11 is 0. The number of aryl methyl sites for hydroxylation is 1. The molecule has 1 saturated carbocycles. The van der Waals surface area contributed by atoms with Crippen molar-refractivity contribution in [2.24, 2.45) is 0 Å². The first-order valence-electron chi connectivity index (χ1n) is 12.0. The van der Waals surface area contributed by atoms with Gasteiger partial charge >= 0.3 is 0 Å². The quantitative estimate of drug-likeness (QED) is 0.537. The van der Waals surface area contributed by atoms with Gasteiger partial charge in [-0.25, -0.2) is 12.8 Å². The van der Waals surface area contributed by atoms with Crippen LogP contribution in [0.4, 0.5) is 10.1 Å². The highest BCUT2D eigenvalue weighted by molar-refractivity contribution is 7.92. The number of sulfonamides is 1. The lowest BCUT2D eigenvalue weighted by Gasteiger charge is -2.32. The van der Waals surface area contributed by atoms with E-state index in [2.05, 4.69) is 5.32 Å². The Morgan fingerprint density at radius 1 is 1.06 bits per heavy atom. The van der Waals surface area contributed by atoms with E-state index in [9.17, 15) is 22.4 Å². The molecule has 1 fully saturated rings. The standard InChI is InChI=1S/C26H34FN3O4S/c1-4-20-11-6-10-16-24(20)30(35(3,33)34)18-25(31)29(17-21-12-5-9-15-23(21)27)19(2)26(32)28-22-13-7-8-14-22/h5-6,9-12,15-16,19,22H,4,7-8,13-14,17-18H2,1-3H3,(H,28,32). The number of nitrogens with zero attached hydrogens (tertiary/aromatic N) is 2. The molecule has 0 heterocycles. The summed E-state index contributed by atoms with van der Waals surface area (Å²) < 4.78 is 41.0. The van der Waals surface area contributed by atoms with Crippen LogP contribution in [0.25, 0.3) is 0 Å². The first-order valence-corrected chi connectivity index (χ1v) is 13.9. The number of anilines is 1. The topological polar surface area (TPSA) is 86.8 Å². The van der Waals surface area contributed by atoms with Crippen molar-refractivity contribution < 1.29 is 22.4 Å². The van der Waals surface area contributed by atoms with E-state index >= 15 is 0 Å². The van der Waals surface area contributed by atoms with Crippen molar-refractivity contribution in [3.63, 3.8) is 0 Å². The first-order chi connectivity index (χ1) is 16.6. The Balaban J connectivity index is 1.91. The molecule has 190 valence electrons. The Labute approximate surface area is 207 Å². The maximum absolute atomic E-state index is 14.5. The molecular formula is C26H34FN3O4S. The third-order valence-electron chi connectivity index (χ3n) is 6.49. The van der Waals surface area contributed by atoms with E-state index in [0.29, 0.717) is 12.1 Å². The van der Waals surface area contributed by atoms with Crippen LogP contribution in [0.3, 0.4) is 0 Å². The molecule has 7 nitrogen and oxygen atoms in total. The number of hydrogen-bond donors (Lipinski definition) is 1. The molecule has 1 aliphatic rings. The molecule has 0 bridgehead atoms. The lowest BCUT2D eigenvalue weighted by molar-refractivity contribution is -0.139. The van der Waals surface area contributed by atoms with Crippen molar-refractivity contribution in [3.8, 4) is 0 Å². The van der Waals surface area contributed by atoms with Crippen LogP contribution in [0, 0.1) is 5.82 Å². The molecule has 2 aromatic carbocycles. The second-order valence-electron chi connectivity index (χ2n) is 9.03. The third kappa shape index (κ3) is 6.81. The zero-order chi connectivity index (χ0) is 25.6. The van der Waals surface area contributed by atoms with E-state index in [4.69, 9.17) is 0 Å². The highest BCUT2D eigenvalue weighted by atomic mass is 32.2. The van der Waals surface area contributed by atoms with Crippen LogP contribution >= 0.6 is 0 Å². The van der Waals surface area contributed by atoms with Gasteiger partial charge in [-0.1, -0.05) is 56.2 Å². The van der Waals surface area contributed by atoms with Crippen LogP contribution < -0.4 is 9.62 Å². The van der Waals surface area contributed by atoms with Gasteiger partial charge in [-0.2, -0.15) is 0 Å². The van der Waals surface area contributed by atoms with Gasteiger partial charge in [0.05, 0.1) is 11.9 Å². The molecule has 1 N–H and O–H groups in total. The monoisotopic (exact) mass is 503 g/mol. The smallest absolute Gasteiger partial charge is 0.244 e. The van der Waals surface area contributed by atoms with Crippen LogP contribution in [0.15, 0.2) is 48.5 Å². The summed E-state index contributed by atoms with van der Waals surface area (Å²) in [5, 5.41) is 2.99. The Hall–Kier alpha value is -2.94. The Morgan fingerprint density at radius 3 is 2.26 bits per heavy atom. The predicted molar refractivity (Wildman–Crippen MR) is 135 cm³/mol. The normalized spacial score (nSPS) is 15.0. The zero-order valence-electron chi connectivity index (χ0n) is 20.5. The van der Waals surface area contributed by atoms with E-state index in [1.54, 1.807) is 37.3 Å². The molecule has 1 unspecified atom stereocenters. The summed E-state index contributed by atoms with van der Waals surface area (Å²) in [5.74, 6) is -1.41. The molecule has 1 aliphatic carbocycles. The molecule has 9 heteroatoms. The van der Waals surface area contributed by atoms with Crippen LogP contribution in [-0.2, 0) is 32.6 Å². The van der Waals surface area contributed by atoms with Gasteiger partial charge in [0.1, 0.15) is 18.4 Å². The van der Waals surface area contributed by atoms with Gasteiger partial charge in [0.25, 0.3) is 0 Å². The van der Waals surface area contributed by atoms with Crippen molar-refractivity contribution in [3.05, 3.63) is 65.5 Å². The largest absolute Gasteiger partial charge is 0.352 e. The minimum absolute atomic E-state index is 0.0549. The number of halogens is 1. The van der Waals surface area contributed by atoms with Crippen LogP contribution in [-0.4, -0.2) is 50.0 Å². The number of rotatable bonds is 10. The number of hydrogen-bond acceptors (Lipinski definition) is 4. The second kappa shape index (κ2) is 11.7. The summed E-state index contributed by atoms with van der Waals surface area (Å²) in [5.41, 5.74) is 1.44. The molecule has 0 aliphatic heterocycles. The van der Waals surface area contributed by atoms with Gasteiger partial charge in [0.15, 0.2) is 0 Å². The Kier molecular flexibility index (Phi) is 8.88. The molecule has 0 radical (unpaired) electrons. The maximum Gasteiger partial charge on any atom is 0.244 e. The number of nitrogens with one attached hydrogen (secondary N) is 1. The van der Waals surface area contributed by atoms with Crippen LogP contribution in [0.5, 0.6) is 0 Å². The van der Waals surface area contributed by atoms with Gasteiger partial charge in [0, 0.05) is 18.2 Å². The van der Waals surface area contributed by atoms with Gasteiger partial charge < -0.3 is 10.2 Å². The maximum atomic E-state index is 14.5. The third-order valence-corrected chi connectivity index (χ3v) is 7.61. The van der Waals surface area contributed by atoms with Crippen molar-refractivity contribution >= 4 is 27.5 Å². The van der Waals surface area contributed by atoms with E-state index in [0.717, 1.165) is 41.8 Å². The van der Waals surface area contributed by atoms with Gasteiger partial charge in [-0.15, -0.1) is 0 Å². The Morgan fingerprint density at radius 2 is 1.66 bits per heavy atom. The zero-order valence-corrected chi connectivity index (χ0v) is 21.4. The number of amides is 2. The van der Waals surface area contributed by atoms with Crippen LogP contribution in [0.1, 0.15) is 50.7 Å². The summed E-state index contributed by atoms with van der Waals surface area (Å²) in [6.45, 7) is 2.85.